The Morgan fingerprint density at radius 3 is 2.05 bits per heavy atom. The van der Waals surface area contributed by atoms with Crippen molar-refractivity contribution < 1.29 is 71.8 Å². The molecule has 5 heterocycles. The third-order valence-electron chi connectivity index (χ3n) is 7.54. The number of nitrogens with zero attached hydrogens (tertiary/aromatic N) is 2. The van der Waals surface area contributed by atoms with Crippen LogP contribution in [0.1, 0.15) is 26.7 Å². The fourth-order valence-corrected chi connectivity index (χ4v) is 6.89. The molecule has 230 valence electrons. The normalized spacial score (nSPS) is 40.1. The van der Waals surface area contributed by atoms with E-state index >= 15 is 0 Å². The number of aliphatic hydroxyl groups is 3. The summed E-state index contributed by atoms with van der Waals surface area (Å²) in [7, 11) is -9.95. The summed E-state index contributed by atoms with van der Waals surface area (Å²) in [5.74, 6) is -1.06. The van der Waals surface area contributed by atoms with E-state index in [4.69, 9.17) is 18.5 Å². The van der Waals surface area contributed by atoms with Crippen LogP contribution in [0.15, 0.2) is 22.9 Å². The summed E-state index contributed by atoms with van der Waals surface area (Å²) < 4.78 is 50.7. The summed E-state index contributed by atoms with van der Waals surface area (Å²) in [6.45, 7) is 1.45. The van der Waals surface area contributed by atoms with Crippen molar-refractivity contribution in [2.75, 3.05) is 13.2 Å². The summed E-state index contributed by atoms with van der Waals surface area (Å²) >= 11 is 0. The molecule has 5 rings (SSSR count). The van der Waals surface area contributed by atoms with E-state index in [0.29, 0.717) is 0 Å². The minimum atomic E-state index is -5.03. The molecule has 5 aliphatic heterocycles. The SMILES string of the molecule is CC1=C(O)NC(=O)N2[C@H]1[C@@H]1C(C)=C(O)NC(=O)N1[C@H]1C[C@H](O)[C@@H](COP(=O)(O)O[C@H]3C[C@H]2O[C@@H]3COP(=O)(O)O)O1. The number of nitrogens with one attached hydrogen (secondary N) is 2. The van der Waals surface area contributed by atoms with Gasteiger partial charge < -0.3 is 39.5 Å². The first kappa shape index (κ1) is 30.2. The maximum atomic E-state index is 13.4. The number of rotatable bonds is 3. The van der Waals surface area contributed by atoms with Crippen molar-refractivity contribution in [3.63, 3.8) is 0 Å². The van der Waals surface area contributed by atoms with Crippen LogP contribution in [-0.4, -0.2) is 114 Å². The maximum absolute atomic E-state index is 13.4. The van der Waals surface area contributed by atoms with Crippen LogP contribution in [0.4, 0.5) is 9.59 Å². The lowest BCUT2D eigenvalue weighted by Gasteiger charge is -2.49. The zero-order chi connectivity index (χ0) is 30.0. The van der Waals surface area contributed by atoms with Crippen LogP contribution in [0.5, 0.6) is 0 Å². The van der Waals surface area contributed by atoms with Gasteiger partial charge in [0.05, 0.1) is 31.4 Å². The maximum Gasteiger partial charge on any atom is 0.472 e. The quantitative estimate of drug-likeness (QED) is 0.184. The third kappa shape index (κ3) is 5.85. The Kier molecular flexibility index (Phi) is 7.93. The molecule has 21 heteroatoms. The van der Waals surface area contributed by atoms with Gasteiger partial charge in [-0.15, -0.1) is 0 Å². The van der Waals surface area contributed by atoms with E-state index < -0.39 is 102 Å². The Hall–Kier alpha value is -2.28. The van der Waals surface area contributed by atoms with Crippen LogP contribution in [0.2, 0.25) is 0 Å². The Morgan fingerprint density at radius 2 is 1.51 bits per heavy atom. The molecular formula is C20H30N4O15P2. The summed E-state index contributed by atoms with van der Waals surface area (Å²) in [4.78, 5) is 57.6. The van der Waals surface area contributed by atoms with Gasteiger partial charge in [-0.1, -0.05) is 0 Å². The molecular weight excluding hydrogens is 598 g/mol. The van der Waals surface area contributed by atoms with Gasteiger partial charge in [0.2, 0.25) is 0 Å². The molecule has 0 aromatic rings. The van der Waals surface area contributed by atoms with Crippen LogP contribution in [0.3, 0.4) is 0 Å². The summed E-state index contributed by atoms with van der Waals surface area (Å²) in [5.41, 5.74) is 0.272. The van der Waals surface area contributed by atoms with Crippen LogP contribution in [0, 0.1) is 0 Å². The molecule has 4 bridgehead atoms. The van der Waals surface area contributed by atoms with Crippen molar-refractivity contribution in [3.8, 4) is 0 Å². The molecule has 41 heavy (non-hydrogen) atoms. The van der Waals surface area contributed by atoms with Gasteiger partial charge in [0.15, 0.2) is 11.8 Å². The van der Waals surface area contributed by atoms with E-state index in [0.717, 1.165) is 9.80 Å². The standard InChI is InChI=1S/C20H30N4O15P2/c1-7-15-16-8(2)18(27)22-20(29)24(16)14-4-10(12(38-14)6-35-40(30,31)32)39-41(33,34)36-5-11-9(25)3-13(37-11)23(15)19(28)21-17(7)26/h9-16,25-27H,3-6H2,1-2H3,(H,21,28)(H,22,29)(H,33,34)(H2,30,31,32)/t9-,10-,11+,12+,13+,14+,15-,16+/m0/s1. The molecule has 5 aliphatic rings. The van der Waals surface area contributed by atoms with Crippen molar-refractivity contribution in [2.45, 2.75) is 75.6 Å². The first-order valence-corrected chi connectivity index (χ1v) is 15.4. The first-order chi connectivity index (χ1) is 19.1. The molecule has 1 unspecified atom stereocenters. The number of hydrogen-bond acceptors (Lipinski definition) is 12. The van der Waals surface area contributed by atoms with Crippen LogP contribution < -0.4 is 10.6 Å². The molecule has 0 saturated carbocycles. The van der Waals surface area contributed by atoms with Crippen molar-refractivity contribution in [1.82, 2.24) is 20.4 Å². The minimum absolute atomic E-state index is 0.121. The molecule has 0 aliphatic carbocycles. The number of phosphoric ester groups is 2. The second kappa shape index (κ2) is 10.8. The zero-order valence-corrected chi connectivity index (χ0v) is 23.4. The summed E-state index contributed by atoms with van der Waals surface area (Å²) in [6.07, 6.45) is -8.37. The van der Waals surface area contributed by atoms with Gasteiger partial charge in [0.25, 0.3) is 0 Å². The molecule has 0 radical (unpaired) electrons. The average molecular weight is 628 g/mol. The lowest BCUT2D eigenvalue weighted by atomic mass is 9.89. The molecule has 8 N–H and O–H groups in total. The van der Waals surface area contributed by atoms with Crippen LogP contribution in [0.25, 0.3) is 0 Å². The van der Waals surface area contributed by atoms with Gasteiger partial charge in [0.1, 0.15) is 30.8 Å². The lowest BCUT2D eigenvalue weighted by Crippen LogP contribution is -2.67. The lowest BCUT2D eigenvalue weighted by molar-refractivity contribution is -0.0938. The Balaban J connectivity index is 1.63. The number of phosphoric acid groups is 2. The van der Waals surface area contributed by atoms with Crippen molar-refractivity contribution >= 4 is 27.7 Å². The van der Waals surface area contributed by atoms with Gasteiger partial charge in [-0.25, -0.2) is 18.7 Å². The zero-order valence-electron chi connectivity index (χ0n) is 21.6. The van der Waals surface area contributed by atoms with Crippen LogP contribution in [-0.2, 0) is 32.2 Å². The fraction of sp³-hybridized carbons (Fsp3) is 0.700. The molecule has 0 aromatic heterocycles. The Bertz CT molecular complexity index is 1270. The van der Waals surface area contributed by atoms with E-state index in [1.807, 2.05) is 0 Å². The average Bonchev–Trinajstić information content (AvgIpc) is 3.42. The van der Waals surface area contributed by atoms with Gasteiger partial charge in [-0.05, 0) is 13.8 Å². The second-order valence-corrected chi connectivity index (χ2v) is 12.8. The number of hydrogen-bond donors (Lipinski definition) is 8. The molecule has 4 amide bonds. The van der Waals surface area contributed by atoms with Crippen molar-refractivity contribution in [1.29, 1.82) is 0 Å². The summed E-state index contributed by atoms with van der Waals surface area (Å²) in [6, 6.07) is -4.24. The number of urea groups is 2. The highest BCUT2D eigenvalue weighted by atomic mass is 31.2. The highest BCUT2D eigenvalue weighted by molar-refractivity contribution is 7.47. The predicted octanol–water partition coefficient (Wildman–Crippen LogP) is -0.431. The van der Waals surface area contributed by atoms with Gasteiger partial charge >= 0.3 is 27.7 Å². The van der Waals surface area contributed by atoms with E-state index in [1.54, 1.807) is 0 Å². The topological polar surface area (TPSA) is 266 Å². The highest BCUT2D eigenvalue weighted by Gasteiger charge is 2.55. The second-order valence-electron chi connectivity index (χ2n) is 10.1. The number of aliphatic hydroxyl groups excluding tert-OH is 3. The monoisotopic (exact) mass is 628 g/mol. The molecule has 19 nitrogen and oxygen atoms in total. The fourth-order valence-electron chi connectivity index (χ4n) is 5.58. The van der Waals surface area contributed by atoms with Crippen LogP contribution >= 0.6 is 15.6 Å². The van der Waals surface area contributed by atoms with E-state index in [2.05, 4.69) is 15.2 Å². The molecule has 3 saturated heterocycles. The minimum Gasteiger partial charge on any atom is -0.494 e. The molecule has 0 spiro atoms. The number of fused-ring (bicyclic) bond motifs is 9. The Labute approximate surface area is 232 Å². The number of carbonyl (C=O) groups excluding carboxylic acids is 2. The largest absolute Gasteiger partial charge is 0.494 e. The number of carbonyl (C=O) groups is 2. The number of ether oxygens (including phenoxy) is 2. The smallest absolute Gasteiger partial charge is 0.472 e. The highest BCUT2D eigenvalue weighted by Crippen LogP contribution is 2.50. The molecule has 9 atom stereocenters. The Morgan fingerprint density at radius 1 is 0.976 bits per heavy atom. The van der Waals surface area contributed by atoms with Gasteiger partial charge in [0, 0.05) is 24.0 Å². The van der Waals surface area contributed by atoms with Crippen molar-refractivity contribution in [3.05, 3.63) is 22.9 Å². The molecule has 3 fully saturated rings. The summed E-state index contributed by atoms with van der Waals surface area (Å²) in [5, 5.41) is 36.4. The van der Waals surface area contributed by atoms with Gasteiger partial charge in [-0.3, -0.25) is 34.0 Å². The van der Waals surface area contributed by atoms with Gasteiger partial charge in [-0.2, -0.15) is 0 Å². The first-order valence-electron chi connectivity index (χ1n) is 12.4. The van der Waals surface area contributed by atoms with Crippen molar-refractivity contribution in [2.24, 2.45) is 0 Å². The third-order valence-corrected chi connectivity index (χ3v) is 9.03. The van der Waals surface area contributed by atoms with E-state index in [-0.39, 0.29) is 24.0 Å². The van der Waals surface area contributed by atoms with E-state index in [9.17, 15) is 48.7 Å². The number of amides is 4. The molecule has 0 aromatic carbocycles. The predicted molar refractivity (Wildman–Crippen MR) is 130 cm³/mol. The van der Waals surface area contributed by atoms with E-state index in [1.165, 1.54) is 13.8 Å².